The fourth-order valence-electron chi connectivity index (χ4n) is 1.33. The lowest BCUT2D eigenvalue weighted by Crippen LogP contribution is -2.38. The monoisotopic (exact) mass is 223 g/mol. The lowest BCUT2D eigenvalue weighted by molar-refractivity contribution is 0.283. The Bertz CT molecular complexity index is 304. The number of hydrogen-bond donors (Lipinski definition) is 2. The van der Waals surface area contributed by atoms with Crippen molar-refractivity contribution >= 4 is 0 Å². The van der Waals surface area contributed by atoms with Crippen LogP contribution in [-0.2, 0) is 6.42 Å². The Morgan fingerprint density at radius 2 is 2.25 bits per heavy atom. The molecule has 0 spiro atoms. The summed E-state index contributed by atoms with van der Waals surface area (Å²) >= 11 is 0. The molecule has 16 heavy (non-hydrogen) atoms. The molecule has 3 N–H and O–H groups in total. The summed E-state index contributed by atoms with van der Waals surface area (Å²) < 4.78 is 5.58. The number of nitrogens with zero attached hydrogens (tertiary/aromatic N) is 1. The van der Waals surface area contributed by atoms with E-state index in [0.29, 0.717) is 6.61 Å². The van der Waals surface area contributed by atoms with E-state index >= 15 is 0 Å². The summed E-state index contributed by atoms with van der Waals surface area (Å²) in [5.41, 5.74) is 7.05. The SMILES string of the molecule is CCNC[C@H](N)COc1cncc(CC)c1. The van der Waals surface area contributed by atoms with Crippen LogP contribution in [0.5, 0.6) is 5.75 Å². The minimum atomic E-state index is 0.0187. The summed E-state index contributed by atoms with van der Waals surface area (Å²) in [5, 5.41) is 3.19. The molecule has 0 aliphatic carbocycles. The smallest absolute Gasteiger partial charge is 0.137 e. The minimum absolute atomic E-state index is 0.0187. The fourth-order valence-corrected chi connectivity index (χ4v) is 1.33. The Balaban J connectivity index is 2.35. The van der Waals surface area contributed by atoms with E-state index in [0.717, 1.165) is 25.3 Å². The largest absolute Gasteiger partial charge is 0.490 e. The maximum absolute atomic E-state index is 5.87. The van der Waals surface area contributed by atoms with E-state index in [1.54, 1.807) is 6.20 Å². The summed E-state index contributed by atoms with van der Waals surface area (Å²) in [5.74, 6) is 0.797. The highest BCUT2D eigenvalue weighted by Crippen LogP contribution is 2.11. The molecule has 0 aliphatic heterocycles. The Morgan fingerprint density at radius 3 is 2.94 bits per heavy atom. The summed E-state index contributed by atoms with van der Waals surface area (Å²) in [6.07, 6.45) is 4.54. The molecule has 0 bridgehead atoms. The number of aromatic nitrogens is 1. The Kier molecular flexibility index (Phi) is 5.82. The van der Waals surface area contributed by atoms with Crippen LogP contribution in [-0.4, -0.2) is 30.7 Å². The van der Waals surface area contributed by atoms with Gasteiger partial charge in [0.15, 0.2) is 0 Å². The molecule has 4 nitrogen and oxygen atoms in total. The number of aryl methyl sites for hydroxylation is 1. The molecule has 0 aliphatic rings. The molecular weight excluding hydrogens is 202 g/mol. The third-order valence-electron chi connectivity index (χ3n) is 2.30. The third kappa shape index (κ3) is 4.59. The van der Waals surface area contributed by atoms with Gasteiger partial charge in [0.25, 0.3) is 0 Å². The molecule has 1 atom stereocenters. The topological polar surface area (TPSA) is 60.2 Å². The number of nitrogens with one attached hydrogen (secondary N) is 1. The zero-order chi connectivity index (χ0) is 11.8. The molecule has 0 amide bonds. The van der Waals surface area contributed by atoms with Crippen LogP contribution in [0, 0.1) is 0 Å². The van der Waals surface area contributed by atoms with E-state index < -0.39 is 0 Å². The van der Waals surface area contributed by atoms with Gasteiger partial charge < -0.3 is 15.8 Å². The molecule has 0 aromatic carbocycles. The van der Waals surface area contributed by atoms with Gasteiger partial charge in [0.1, 0.15) is 12.4 Å². The quantitative estimate of drug-likeness (QED) is 0.723. The van der Waals surface area contributed by atoms with E-state index in [1.165, 1.54) is 5.56 Å². The Hall–Kier alpha value is -1.13. The van der Waals surface area contributed by atoms with Crippen molar-refractivity contribution in [1.82, 2.24) is 10.3 Å². The van der Waals surface area contributed by atoms with Crippen molar-refractivity contribution in [3.63, 3.8) is 0 Å². The van der Waals surface area contributed by atoms with Crippen LogP contribution in [0.2, 0.25) is 0 Å². The average molecular weight is 223 g/mol. The third-order valence-corrected chi connectivity index (χ3v) is 2.30. The molecule has 1 aromatic heterocycles. The Labute approximate surface area is 97.2 Å². The summed E-state index contributed by atoms with van der Waals surface area (Å²) in [6.45, 7) is 6.37. The molecular formula is C12H21N3O. The second-order valence-electron chi connectivity index (χ2n) is 3.76. The molecule has 0 saturated carbocycles. The molecule has 1 rings (SSSR count). The van der Waals surface area contributed by atoms with Crippen LogP contribution >= 0.6 is 0 Å². The first-order chi connectivity index (χ1) is 7.76. The fraction of sp³-hybridized carbons (Fsp3) is 0.583. The van der Waals surface area contributed by atoms with Crippen LogP contribution < -0.4 is 15.8 Å². The average Bonchev–Trinajstić information content (AvgIpc) is 2.34. The van der Waals surface area contributed by atoms with Crippen molar-refractivity contribution in [3.8, 4) is 5.75 Å². The van der Waals surface area contributed by atoms with Crippen LogP contribution in [0.25, 0.3) is 0 Å². The first kappa shape index (κ1) is 12.9. The van der Waals surface area contributed by atoms with Gasteiger partial charge in [-0.15, -0.1) is 0 Å². The van der Waals surface area contributed by atoms with Gasteiger partial charge >= 0.3 is 0 Å². The number of nitrogens with two attached hydrogens (primary N) is 1. The normalized spacial score (nSPS) is 12.4. The Morgan fingerprint density at radius 1 is 1.44 bits per heavy atom. The second-order valence-corrected chi connectivity index (χ2v) is 3.76. The number of pyridine rings is 1. The van der Waals surface area contributed by atoms with Gasteiger partial charge in [0.2, 0.25) is 0 Å². The van der Waals surface area contributed by atoms with Gasteiger partial charge in [-0.05, 0) is 24.6 Å². The highest BCUT2D eigenvalue weighted by atomic mass is 16.5. The maximum Gasteiger partial charge on any atom is 0.137 e. The standard InChI is InChI=1S/C12H21N3O/c1-3-10-5-12(8-15-6-10)16-9-11(13)7-14-4-2/h5-6,8,11,14H,3-4,7,9,13H2,1-2H3/t11-/m0/s1. The van der Waals surface area contributed by atoms with E-state index in [4.69, 9.17) is 10.5 Å². The van der Waals surface area contributed by atoms with E-state index in [-0.39, 0.29) is 6.04 Å². The number of likely N-dealkylation sites (N-methyl/N-ethyl adjacent to an activating group) is 1. The highest BCUT2D eigenvalue weighted by molar-refractivity contribution is 5.23. The molecule has 0 saturated heterocycles. The second kappa shape index (κ2) is 7.19. The first-order valence-corrected chi connectivity index (χ1v) is 5.79. The van der Waals surface area contributed by atoms with Gasteiger partial charge in [-0.2, -0.15) is 0 Å². The van der Waals surface area contributed by atoms with Crippen LogP contribution in [0.15, 0.2) is 18.5 Å². The van der Waals surface area contributed by atoms with E-state index in [9.17, 15) is 0 Å². The first-order valence-electron chi connectivity index (χ1n) is 5.79. The molecule has 0 unspecified atom stereocenters. The number of ether oxygens (including phenoxy) is 1. The van der Waals surface area contributed by atoms with Crippen LogP contribution in [0.3, 0.4) is 0 Å². The molecule has 0 radical (unpaired) electrons. The lowest BCUT2D eigenvalue weighted by atomic mass is 10.2. The van der Waals surface area contributed by atoms with Crippen molar-refractivity contribution in [2.24, 2.45) is 5.73 Å². The predicted molar refractivity (Wildman–Crippen MR) is 65.6 cm³/mol. The van der Waals surface area contributed by atoms with E-state index in [1.807, 2.05) is 12.3 Å². The lowest BCUT2D eigenvalue weighted by Gasteiger charge is -2.13. The summed E-state index contributed by atoms with van der Waals surface area (Å²) in [7, 11) is 0. The van der Waals surface area contributed by atoms with Crippen LogP contribution in [0.4, 0.5) is 0 Å². The van der Waals surface area contributed by atoms with Gasteiger partial charge in [-0.25, -0.2) is 0 Å². The van der Waals surface area contributed by atoms with Crippen molar-refractivity contribution in [2.75, 3.05) is 19.7 Å². The molecule has 1 aromatic rings. The zero-order valence-electron chi connectivity index (χ0n) is 10.1. The summed E-state index contributed by atoms with van der Waals surface area (Å²) in [6, 6.07) is 2.03. The van der Waals surface area contributed by atoms with E-state index in [2.05, 4.69) is 24.1 Å². The van der Waals surface area contributed by atoms with Crippen LogP contribution in [0.1, 0.15) is 19.4 Å². The van der Waals surface area contributed by atoms with Gasteiger partial charge in [-0.1, -0.05) is 13.8 Å². The van der Waals surface area contributed by atoms with Gasteiger partial charge in [0.05, 0.1) is 12.2 Å². The van der Waals surface area contributed by atoms with Crippen molar-refractivity contribution in [2.45, 2.75) is 26.3 Å². The van der Waals surface area contributed by atoms with Crippen molar-refractivity contribution in [3.05, 3.63) is 24.0 Å². The molecule has 4 heteroatoms. The highest BCUT2D eigenvalue weighted by Gasteiger charge is 2.03. The predicted octanol–water partition coefficient (Wildman–Crippen LogP) is 0.960. The molecule has 0 fully saturated rings. The number of rotatable bonds is 7. The maximum atomic E-state index is 5.87. The minimum Gasteiger partial charge on any atom is -0.490 e. The number of hydrogen-bond acceptors (Lipinski definition) is 4. The zero-order valence-corrected chi connectivity index (χ0v) is 10.1. The van der Waals surface area contributed by atoms with Gasteiger partial charge in [0, 0.05) is 12.7 Å². The summed E-state index contributed by atoms with van der Waals surface area (Å²) in [4.78, 5) is 4.11. The van der Waals surface area contributed by atoms with Crippen molar-refractivity contribution in [1.29, 1.82) is 0 Å². The molecule has 90 valence electrons. The van der Waals surface area contributed by atoms with Crippen molar-refractivity contribution < 1.29 is 4.74 Å². The molecule has 1 heterocycles. The van der Waals surface area contributed by atoms with Gasteiger partial charge in [-0.3, -0.25) is 4.98 Å².